The first-order valence-electron chi connectivity index (χ1n) is 8.11. The van der Waals surface area contributed by atoms with Crippen molar-refractivity contribution >= 4 is 11.9 Å². The highest BCUT2D eigenvalue weighted by atomic mass is 16.5. The fourth-order valence-electron chi connectivity index (χ4n) is 2.83. The van der Waals surface area contributed by atoms with E-state index in [0.29, 0.717) is 19.8 Å². The number of ether oxygens (including phenoxy) is 1. The molecule has 24 heavy (non-hydrogen) atoms. The highest BCUT2D eigenvalue weighted by Crippen LogP contribution is 2.18. The van der Waals surface area contributed by atoms with Gasteiger partial charge in [0.1, 0.15) is 6.04 Å². The fourth-order valence-corrected chi connectivity index (χ4v) is 2.83. The Balaban J connectivity index is 2.07. The van der Waals surface area contributed by atoms with Crippen LogP contribution in [0.1, 0.15) is 25.5 Å². The number of amides is 3. The fraction of sp³-hybridized carbons (Fsp3) is 0.529. The van der Waals surface area contributed by atoms with Gasteiger partial charge in [0.05, 0.1) is 13.2 Å². The average molecular weight is 334 g/mol. The summed E-state index contributed by atoms with van der Waals surface area (Å²) in [5.41, 5.74) is 5.72. The van der Waals surface area contributed by atoms with Gasteiger partial charge in [0, 0.05) is 25.2 Å². The van der Waals surface area contributed by atoms with Crippen LogP contribution in [0.15, 0.2) is 30.3 Å². The van der Waals surface area contributed by atoms with Crippen LogP contribution < -0.4 is 16.4 Å². The molecule has 3 amide bonds. The third kappa shape index (κ3) is 5.02. The van der Waals surface area contributed by atoms with Gasteiger partial charge in [-0.15, -0.1) is 0 Å². The Bertz CT molecular complexity index is 556. The predicted molar refractivity (Wildman–Crippen MR) is 91.4 cm³/mol. The average Bonchev–Trinajstić information content (AvgIpc) is 2.56. The van der Waals surface area contributed by atoms with Crippen LogP contribution in [0.25, 0.3) is 0 Å². The maximum atomic E-state index is 12.3. The number of carbonyl (C=O) groups excluding carboxylic acids is 2. The molecular weight excluding hydrogens is 308 g/mol. The lowest BCUT2D eigenvalue weighted by atomic mass is 9.99. The molecule has 0 radical (unpaired) electrons. The van der Waals surface area contributed by atoms with Crippen LogP contribution in [0.2, 0.25) is 0 Å². The summed E-state index contributed by atoms with van der Waals surface area (Å²) in [4.78, 5) is 25.7. The smallest absolute Gasteiger partial charge is 0.318 e. The van der Waals surface area contributed by atoms with Crippen molar-refractivity contribution in [1.29, 1.82) is 0 Å². The Morgan fingerprint density at radius 2 is 1.88 bits per heavy atom. The Morgan fingerprint density at radius 3 is 2.46 bits per heavy atom. The number of benzene rings is 1. The van der Waals surface area contributed by atoms with E-state index in [-0.39, 0.29) is 5.54 Å². The SMILES string of the molecule is CC(C)(CN[C@@H](C(=O)NC(N)=O)c1ccccc1)N1CCOCC1. The highest BCUT2D eigenvalue weighted by Gasteiger charge is 2.30. The second kappa shape index (κ2) is 8.23. The summed E-state index contributed by atoms with van der Waals surface area (Å²) in [5, 5.41) is 5.44. The van der Waals surface area contributed by atoms with Gasteiger partial charge in [0.2, 0.25) is 5.91 Å². The minimum absolute atomic E-state index is 0.149. The second-order valence-electron chi connectivity index (χ2n) is 6.49. The van der Waals surface area contributed by atoms with Gasteiger partial charge in [0.15, 0.2) is 0 Å². The number of urea groups is 1. The zero-order valence-electron chi connectivity index (χ0n) is 14.2. The first kappa shape index (κ1) is 18.4. The molecule has 1 aromatic rings. The monoisotopic (exact) mass is 334 g/mol. The van der Waals surface area contributed by atoms with E-state index in [2.05, 4.69) is 29.4 Å². The lowest BCUT2D eigenvalue weighted by Crippen LogP contribution is -2.56. The van der Waals surface area contributed by atoms with E-state index < -0.39 is 18.0 Å². The molecule has 0 unspecified atom stereocenters. The molecule has 7 heteroatoms. The second-order valence-corrected chi connectivity index (χ2v) is 6.49. The molecular formula is C17H26N4O3. The first-order chi connectivity index (χ1) is 11.4. The topological polar surface area (TPSA) is 96.7 Å². The van der Waals surface area contributed by atoms with Gasteiger partial charge < -0.3 is 15.8 Å². The highest BCUT2D eigenvalue weighted by molar-refractivity contribution is 5.96. The summed E-state index contributed by atoms with van der Waals surface area (Å²) in [6, 6.07) is 7.79. The molecule has 0 aliphatic carbocycles. The predicted octanol–water partition coefficient (Wildman–Crippen LogP) is 0.623. The van der Waals surface area contributed by atoms with Crippen molar-refractivity contribution in [3.63, 3.8) is 0 Å². The zero-order valence-corrected chi connectivity index (χ0v) is 14.2. The summed E-state index contributed by atoms with van der Waals surface area (Å²) in [6.45, 7) is 7.98. The van der Waals surface area contributed by atoms with Gasteiger partial charge in [-0.05, 0) is 19.4 Å². The molecule has 1 atom stereocenters. The Hall–Kier alpha value is -1.96. The number of nitrogens with two attached hydrogens (primary N) is 1. The lowest BCUT2D eigenvalue weighted by Gasteiger charge is -2.41. The summed E-state index contributed by atoms with van der Waals surface area (Å²) in [6.07, 6.45) is 0. The number of rotatable bonds is 6. The van der Waals surface area contributed by atoms with Gasteiger partial charge in [-0.2, -0.15) is 0 Å². The summed E-state index contributed by atoms with van der Waals surface area (Å²) >= 11 is 0. The molecule has 0 spiro atoms. The van der Waals surface area contributed by atoms with E-state index >= 15 is 0 Å². The molecule has 7 nitrogen and oxygen atoms in total. The summed E-state index contributed by atoms with van der Waals surface area (Å²) in [7, 11) is 0. The molecule has 1 aliphatic rings. The Kier molecular flexibility index (Phi) is 6.30. The molecule has 2 rings (SSSR count). The number of morpholine rings is 1. The maximum Gasteiger partial charge on any atom is 0.318 e. The number of primary amides is 1. The molecule has 1 heterocycles. The number of carbonyl (C=O) groups is 2. The maximum absolute atomic E-state index is 12.3. The van der Waals surface area contributed by atoms with E-state index in [0.717, 1.165) is 18.7 Å². The number of hydrogen-bond acceptors (Lipinski definition) is 5. The number of hydrogen-bond donors (Lipinski definition) is 3. The molecule has 0 bridgehead atoms. The van der Waals surface area contributed by atoms with Crippen molar-refractivity contribution in [3.05, 3.63) is 35.9 Å². The van der Waals surface area contributed by atoms with E-state index in [1.807, 2.05) is 30.3 Å². The largest absolute Gasteiger partial charge is 0.379 e. The molecule has 1 fully saturated rings. The van der Waals surface area contributed by atoms with Gasteiger partial charge in [-0.1, -0.05) is 30.3 Å². The van der Waals surface area contributed by atoms with Crippen molar-refractivity contribution in [2.45, 2.75) is 25.4 Å². The normalized spacial score (nSPS) is 17.2. The zero-order chi connectivity index (χ0) is 17.6. The molecule has 0 aromatic heterocycles. The Morgan fingerprint density at radius 1 is 1.25 bits per heavy atom. The van der Waals surface area contributed by atoms with Crippen molar-refractivity contribution in [2.24, 2.45) is 5.73 Å². The molecule has 1 aliphatic heterocycles. The third-order valence-corrected chi connectivity index (χ3v) is 4.25. The van der Waals surface area contributed by atoms with Crippen molar-refractivity contribution in [1.82, 2.24) is 15.5 Å². The van der Waals surface area contributed by atoms with Gasteiger partial charge in [0.25, 0.3) is 0 Å². The summed E-state index contributed by atoms with van der Waals surface area (Å²) in [5.74, 6) is -0.452. The van der Waals surface area contributed by atoms with Crippen LogP contribution in [0.5, 0.6) is 0 Å². The number of nitrogens with one attached hydrogen (secondary N) is 2. The number of nitrogens with zero attached hydrogens (tertiary/aromatic N) is 1. The van der Waals surface area contributed by atoms with E-state index in [9.17, 15) is 9.59 Å². The van der Waals surface area contributed by atoms with Gasteiger partial charge in [-0.3, -0.25) is 15.0 Å². The molecule has 4 N–H and O–H groups in total. The van der Waals surface area contributed by atoms with Crippen molar-refractivity contribution in [2.75, 3.05) is 32.8 Å². The minimum Gasteiger partial charge on any atom is -0.379 e. The summed E-state index contributed by atoms with van der Waals surface area (Å²) < 4.78 is 5.39. The van der Waals surface area contributed by atoms with Crippen LogP contribution in [0.3, 0.4) is 0 Å². The molecule has 0 saturated carbocycles. The van der Waals surface area contributed by atoms with Crippen LogP contribution in [0, 0.1) is 0 Å². The van der Waals surface area contributed by atoms with Crippen LogP contribution in [-0.4, -0.2) is 55.2 Å². The molecule has 1 saturated heterocycles. The third-order valence-electron chi connectivity index (χ3n) is 4.25. The van der Waals surface area contributed by atoms with Crippen LogP contribution in [-0.2, 0) is 9.53 Å². The van der Waals surface area contributed by atoms with Crippen LogP contribution >= 0.6 is 0 Å². The number of imide groups is 1. The minimum atomic E-state index is -0.852. The van der Waals surface area contributed by atoms with Crippen molar-refractivity contribution < 1.29 is 14.3 Å². The Labute approximate surface area is 142 Å². The quantitative estimate of drug-likeness (QED) is 0.709. The standard InChI is InChI=1S/C17H26N4O3/c1-17(2,21-8-10-24-11-9-21)12-19-14(15(22)20-16(18)23)13-6-4-3-5-7-13/h3-7,14,19H,8-12H2,1-2H3,(H3,18,20,22,23)/t14-/m1/s1. The van der Waals surface area contributed by atoms with E-state index in [4.69, 9.17) is 10.5 Å². The van der Waals surface area contributed by atoms with Crippen LogP contribution in [0.4, 0.5) is 4.79 Å². The van der Waals surface area contributed by atoms with Crippen molar-refractivity contribution in [3.8, 4) is 0 Å². The van der Waals surface area contributed by atoms with E-state index in [1.54, 1.807) is 0 Å². The van der Waals surface area contributed by atoms with E-state index in [1.165, 1.54) is 0 Å². The lowest BCUT2D eigenvalue weighted by molar-refractivity contribution is -0.122. The van der Waals surface area contributed by atoms with Gasteiger partial charge >= 0.3 is 6.03 Å². The molecule has 132 valence electrons. The van der Waals surface area contributed by atoms with Gasteiger partial charge in [-0.25, -0.2) is 4.79 Å². The molecule has 1 aromatic carbocycles. The first-order valence-corrected chi connectivity index (χ1v) is 8.11.